The molecular weight excluding hydrogens is 402 g/mol. The van der Waals surface area contributed by atoms with E-state index in [0.29, 0.717) is 18.7 Å². The van der Waals surface area contributed by atoms with Gasteiger partial charge in [-0.15, -0.1) is 0 Å². The van der Waals surface area contributed by atoms with Crippen molar-refractivity contribution in [3.8, 4) is 5.75 Å². The summed E-state index contributed by atoms with van der Waals surface area (Å²) in [6.45, 7) is 12.4. The first kappa shape index (κ1) is 22.3. The van der Waals surface area contributed by atoms with Crippen LogP contribution in [0.1, 0.15) is 61.3 Å². The fraction of sp³-hybridized carbons (Fsp3) is 0.480. The smallest absolute Gasteiger partial charge is 0.254 e. The van der Waals surface area contributed by atoms with E-state index in [0.717, 1.165) is 42.1 Å². The minimum atomic E-state index is 0.0757. The lowest BCUT2D eigenvalue weighted by atomic mass is 10.0. The molecule has 0 N–H and O–H groups in total. The summed E-state index contributed by atoms with van der Waals surface area (Å²) >= 11 is 0. The van der Waals surface area contributed by atoms with Crippen molar-refractivity contribution in [2.45, 2.75) is 46.2 Å². The Bertz CT molecular complexity index is 1080. The molecule has 2 aromatic heterocycles. The topological polar surface area (TPSA) is 63.5 Å². The van der Waals surface area contributed by atoms with Crippen molar-refractivity contribution in [1.29, 1.82) is 0 Å². The monoisotopic (exact) mass is 435 g/mol. The summed E-state index contributed by atoms with van der Waals surface area (Å²) in [7, 11) is 1.68. The number of ether oxygens (including phenoxy) is 1. The minimum absolute atomic E-state index is 0.0757. The number of hydrogen-bond acceptors (Lipinski definition) is 5. The molecule has 1 fully saturated rings. The Morgan fingerprint density at radius 1 is 1.06 bits per heavy atom. The molecule has 0 spiro atoms. The Hall–Kier alpha value is -2.93. The summed E-state index contributed by atoms with van der Waals surface area (Å²) in [5.41, 5.74) is 3.70. The van der Waals surface area contributed by atoms with E-state index >= 15 is 0 Å². The number of carbonyl (C=O) groups excluding carboxylic acids is 1. The Labute approximate surface area is 190 Å². The number of amides is 1. The molecule has 170 valence electrons. The molecule has 0 atom stereocenters. The quantitative estimate of drug-likeness (QED) is 0.583. The molecule has 0 aliphatic carbocycles. The van der Waals surface area contributed by atoms with Crippen LogP contribution in [0.2, 0.25) is 0 Å². The lowest BCUT2D eigenvalue weighted by Gasteiger charge is -2.35. The Balaban J connectivity index is 1.50. The molecule has 1 aliphatic rings. The molecule has 0 unspecified atom stereocenters. The van der Waals surface area contributed by atoms with Crippen LogP contribution in [0.4, 0.5) is 0 Å². The molecule has 32 heavy (non-hydrogen) atoms. The zero-order chi connectivity index (χ0) is 22.8. The molecule has 0 radical (unpaired) electrons. The predicted molar refractivity (Wildman–Crippen MR) is 126 cm³/mol. The second-order valence-corrected chi connectivity index (χ2v) is 9.09. The van der Waals surface area contributed by atoms with Gasteiger partial charge >= 0.3 is 0 Å². The second-order valence-electron chi connectivity index (χ2n) is 9.09. The predicted octanol–water partition coefficient (Wildman–Crippen LogP) is 4.10. The van der Waals surface area contributed by atoms with E-state index in [4.69, 9.17) is 9.72 Å². The number of aromatic nitrogens is 3. The Morgan fingerprint density at radius 2 is 1.75 bits per heavy atom. The summed E-state index contributed by atoms with van der Waals surface area (Å²) in [6.07, 6.45) is 1.79. The first-order valence-corrected chi connectivity index (χ1v) is 11.4. The van der Waals surface area contributed by atoms with Gasteiger partial charge in [0, 0.05) is 44.5 Å². The van der Waals surface area contributed by atoms with Gasteiger partial charge in [0.1, 0.15) is 5.75 Å². The number of carbonyl (C=O) groups is 1. The van der Waals surface area contributed by atoms with E-state index < -0.39 is 0 Å². The summed E-state index contributed by atoms with van der Waals surface area (Å²) in [5.74, 6) is 1.18. The SMILES string of the molecule is COc1ccc(CN2CCN(C(=O)c3cc(C(C)C)nc4c3cnn4C(C)C)CC2)cc1. The van der Waals surface area contributed by atoms with Crippen molar-refractivity contribution in [3.05, 3.63) is 53.3 Å². The average molecular weight is 436 g/mol. The van der Waals surface area contributed by atoms with E-state index in [-0.39, 0.29) is 17.9 Å². The molecular formula is C25H33N5O2. The number of methoxy groups -OCH3 is 1. The van der Waals surface area contributed by atoms with Crippen molar-refractivity contribution < 1.29 is 9.53 Å². The molecule has 7 heteroatoms. The van der Waals surface area contributed by atoms with Crippen LogP contribution in [-0.2, 0) is 6.54 Å². The van der Waals surface area contributed by atoms with Gasteiger partial charge in [0.2, 0.25) is 0 Å². The molecule has 1 saturated heterocycles. The summed E-state index contributed by atoms with van der Waals surface area (Å²) in [4.78, 5) is 22.7. The third-order valence-electron chi connectivity index (χ3n) is 6.12. The summed E-state index contributed by atoms with van der Waals surface area (Å²) in [6, 6.07) is 10.3. The van der Waals surface area contributed by atoms with Crippen LogP contribution < -0.4 is 4.74 Å². The van der Waals surface area contributed by atoms with Gasteiger partial charge in [0.15, 0.2) is 5.65 Å². The first-order valence-electron chi connectivity index (χ1n) is 11.4. The van der Waals surface area contributed by atoms with Crippen molar-refractivity contribution in [1.82, 2.24) is 24.6 Å². The van der Waals surface area contributed by atoms with Crippen LogP contribution in [0, 0.1) is 0 Å². The van der Waals surface area contributed by atoms with E-state index in [1.54, 1.807) is 13.3 Å². The van der Waals surface area contributed by atoms with E-state index in [9.17, 15) is 4.79 Å². The first-order chi connectivity index (χ1) is 15.4. The maximum Gasteiger partial charge on any atom is 0.254 e. The highest BCUT2D eigenvalue weighted by Gasteiger charge is 2.26. The van der Waals surface area contributed by atoms with Gasteiger partial charge < -0.3 is 9.64 Å². The van der Waals surface area contributed by atoms with Gasteiger partial charge in [0.25, 0.3) is 5.91 Å². The molecule has 3 aromatic rings. The normalized spacial score (nSPS) is 15.2. The highest BCUT2D eigenvalue weighted by atomic mass is 16.5. The van der Waals surface area contributed by atoms with Crippen LogP contribution in [0.15, 0.2) is 36.5 Å². The third kappa shape index (κ3) is 4.48. The number of nitrogens with zero attached hydrogens (tertiary/aromatic N) is 5. The summed E-state index contributed by atoms with van der Waals surface area (Å²) < 4.78 is 7.15. The molecule has 4 rings (SSSR count). The summed E-state index contributed by atoms with van der Waals surface area (Å²) in [5, 5.41) is 5.36. The van der Waals surface area contributed by atoms with E-state index in [1.165, 1.54) is 5.56 Å². The minimum Gasteiger partial charge on any atom is -0.497 e. The van der Waals surface area contributed by atoms with Crippen LogP contribution in [0.3, 0.4) is 0 Å². The maximum absolute atomic E-state index is 13.5. The Kier molecular flexibility index (Phi) is 6.46. The number of fused-ring (bicyclic) bond motifs is 1. The molecule has 3 heterocycles. The Morgan fingerprint density at radius 3 is 2.34 bits per heavy atom. The van der Waals surface area contributed by atoms with Gasteiger partial charge in [-0.05, 0) is 43.5 Å². The van der Waals surface area contributed by atoms with Crippen molar-refractivity contribution in [3.63, 3.8) is 0 Å². The number of hydrogen-bond donors (Lipinski definition) is 0. The fourth-order valence-corrected chi connectivity index (χ4v) is 4.16. The molecule has 1 amide bonds. The molecule has 0 saturated carbocycles. The zero-order valence-corrected chi connectivity index (χ0v) is 19.7. The largest absolute Gasteiger partial charge is 0.497 e. The molecule has 1 aromatic carbocycles. The molecule has 7 nitrogen and oxygen atoms in total. The maximum atomic E-state index is 13.5. The zero-order valence-electron chi connectivity index (χ0n) is 19.7. The van der Waals surface area contributed by atoms with Crippen molar-refractivity contribution in [2.75, 3.05) is 33.3 Å². The highest BCUT2D eigenvalue weighted by molar-refractivity contribution is 6.05. The van der Waals surface area contributed by atoms with Crippen molar-refractivity contribution >= 4 is 16.9 Å². The third-order valence-corrected chi connectivity index (χ3v) is 6.12. The van der Waals surface area contributed by atoms with E-state index in [2.05, 4.69) is 49.8 Å². The van der Waals surface area contributed by atoms with Crippen LogP contribution in [0.25, 0.3) is 11.0 Å². The van der Waals surface area contributed by atoms with Crippen LogP contribution in [0.5, 0.6) is 5.75 Å². The number of piperazine rings is 1. The fourth-order valence-electron chi connectivity index (χ4n) is 4.16. The average Bonchev–Trinajstić information content (AvgIpc) is 3.23. The standard InChI is InChI=1S/C25H33N5O2/c1-17(2)23-14-21(22-15-26-30(18(3)4)24(22)27-23)25(31)29-12-10-28(11-13-29)16-19-6-8-20(32-5)9-7-19/h6-9,14-15,17-18H,10-13,16H2,1-5H3. The van der Waals surface area contributed by atoms with Crippen molar-refractivity contribution in [2.24, 2.45) is 0 Å². The lowest BCUT2D eigenvalue weighted by Crippen LogP contribution is -2.48. The van der Waals surface area contributed by atoms with Gasteiger partial charge in [-0.25, -0.2) is 9.67 Å². The van der Waals surface area contributed by atoms with Gasteiger partial charge in [-0.2, -0.15) is 5.10 Å². The number of pyridine rings is 1. The number of benzene rings is 1. The van der Waals surface area contributed by atoms with Gasteiger partial charge in [0.05, 0.1) is 24.3 Å². The molecule has 0 bridgehead atoms. The van der Waals surface area contributed by atoms with Gasteiger partial charge in [-0.3, -0.25) is 9.69 Å². The number of rotatable bonds is 6. The van der Waals surface area contributed by atoms with E-state index in [1.807, 2.05) is 27.8 Å². The molecule has 1 aliphatic heterocycles. The second kappa shape index (κ2) is 9.28. The highest BCUT2D eigenvalue weighted by Crippen LogP contribution is 2.26. The lowest BCUT2D eigenvalue weighted by molar-refractivity contribution is 0.0630. The van der Waals surface area contributed by atoms with Crippen LogP contribution in [-0.4, -0.2) is 63.8 Å². The van der Waals surface area contributed by atoms with Crippen LogP contribution >= 0.6 is 0 Å². The van der Waals surface area contributed by atoms with Gasteiger partial charge in [-0.1, -0.05) is 26.0 Å².